The standard InChI is InChI=1S/C15H13N3O3S2/c1-3-22-15-17-14(23-18-15)16-13(20)12-7-10(19)9-5-4-8(2)6-11(9)21-12/h4-7H,3H2,1-2H3,(H,16,17,18,20). The lowest BCUT2D eigenvalue weighted by atomic mass is 10.1. The van der Waals surface area contributed by atoms with E-state index in [9.17, 15) is 9.59 Å². The fourth-order valence-corrected chi connectivity index (χ4v) is 3.25. The van der Waals surface area contributed by atoms with Gasteiger partial charge >= 0.3 is 0 Å². The molecular formula is C15H13N3O3S2. The van der Waals surface area contributed by atoms with Crippen molar-refractivity contribution in [3.05, 3.63) is 45.8 Å². The van der Waals surface area contributed by atoms with Crippen LogP contribution in [0.25, 0.3) is 11.0 Å². The zero-order valence-corrected chi connectivity index (χ0v) is 14.1. The Morgan fingerprint density at radius 2 is 2.22 bits per heavy atom. The first-order chi connectivity index (χ1) is 11.1. The minimum Gasteiger partial charge on any atom is -0.451 e. The summed E-state index contributed by atoms with van der Waals surface area (Å²) >= 11 is 2.58. The molecule has 6 nitrogen and oxygen atoms in total. The molecule has 3 aromatic rings. The average molecular weight is 347 g/mol. The molecule has 0 aliphatic rings. The van der Waals surface area contributed by atoms with Gasteiger partial charge in [0.2, 0.25) is 10.3 Å². The van der Waals surface area contributed by atoms with Crippen molar-refractivity contribution in [3.8, 4) is 0 Å². The van der Waals surface area contributed by atoms with Crippen LogP contribution < -0.4 is 10.7 Å². The molecule has 8 heteroatoms. The molecule has 0 bridgehead atoms. The zero-order chi connectivity index (χ0) is 16.4. The molecule has 0 saturated heterocycles. The van der Waals surface area contributed by atoms with E-state index in [1.54, 1.807) is 12.1 Å². The number of rotatable bonds is 4. The van der Waals surface area contributed by atoms with Crippen LogP contribution in [0.15, 0.2) is 38.6 Å². The maximum atomic E-state index is 12.3. The Hall–Kier alpha value is -2.19. The highest BCUT2D eigenvalue weighted by Crippen LogP contribution is 2.20. The molecule has 23 heavy (non-hydrogen) atoms. The number of aromatic nitrogens is 2. The predicted molar refractivity (Wildman–Crippen MR) is 91.5 cm³/mol. The highest BCUT2D eigenvalue weighted by Gasteiger charge is 2.15. The first kappa shape index (κ1) is 15.7. The van der Waals surface area contributed by atoms with Gasteiger partial charge in [-0.1, -0.05) is 24.8 Å². The second-order valence-electron chi connectivity index (χ2n) is 4.74. The summed E-state index contributed by atoms with van der Waals surface area (Å²) in [4.78, 5) is 28.5. The van der Waals surface area contributed by atoms with Gasteiger partial charge in [-0.3, -0.25) is 14.9 Å². The fraction of sp³-hybridized carbons (Fsp3) is 0.200. The molecule has 118 valence electrons. The molecule has 0 fully saturated rings. The van der Waals surface area contributed by atoms with E-state index >= 15 is 0 Å². The molecule has 0 radical (unpaired) electrons. The van der Waals surface area contributed by atoms with Crippen LogP contribution in [0, 0.1) is 6.92 Å². The number of hydrogen-bond acceptors (Lipinski definition) is 7. The van der Waals surface area contributed by atoms with Gasteiger partial charge in [-0.05, 0) is 30.4 Å². The van der Waals surface area contributed by atoms with E-state index in [1.807, 2.05) is 19.9 Å². The summed E-state index contributed by atoms with van der Waals surface area (Å²) in [5.74, 6) is 0.283. The number of amides is 1. The maximum Gasteiger partial charge on any atom is 0.293 e. The second kappa shape index (κ2) is 6.51. The number of anilines is 1. The average Bonchev–Trinajstić information content (AvgIpc) is 2.94. The van der Waals surface area contributed by atoms with Crippen LogP contribution in [0.4, 0.5) is 5.13 Å². The van der Waals surface area contributed by atoms with Crippen molar-refractivity contribution < 1.29 is 9.21 Å². The number of thioether (sulfide) groups is 1. The largest absolute Gasteiger partial charge is 0.451 e. The minimum atomic E-state index is -0.519. The van der Waals surface area contributed by atoms with Crippen LogP contribution in [0.1, 0.15) is 23.0 Å². The number of hydrogen-bond donors (Lipinski definition) is 1. The Morgan fingerprint density at radius 1 is 1.39 bits per heavy atom. The van der Waals surface area contributed by atoms with E-state index in [4.69, 9.17) is 4.42 Å². The van der Waals surface area contributed by atoms with E-state index < -0.39 is 5.91 Å². The maximum absolute atomic E-state index is 12.3. The molecule has 1 N–H and O–H groups in total. The number of fused-ring (bicyclic) bond motifs is 1. The van der Waals surface area contributed by atoms with Gasteiger partial charge in [0.05, 0.1) is 5.39 Å². The van der Waals surface area contributed by atoms with E-state index in [2.05, 4.69) is 14.7 Å². The number of carbonyl (C=O) groups excluding carboxylic acids is 1. The van der Waals surface area contributed by atoms with Crippen molar-refractivity contribution in [2.45, 2.75) is 19.0 Å². The minimum absolute atomic E-state index is 0.0482. The molecule has 3 rings (SSSR count). The lowest BCUT2D eigenvalue weighted by Gasteiger charge is -2.03. The van der Waals surface area contributed by atoms with E-state index in [0.717, 1.165) is 22.8 Å². The van der Waals surface area contributed by atoms with Crippen molar-refractivity contribution in [1.29, 1.82) is 0 Å². The lowest BCUT2D eigenvalue weighted by Crippen LogP contribution is -2.14. The van der Waals surface area contributed by atoms with Crippen LogP contribution in [0.5, 0.6) is 0 Å². The Morgan fingerprint density at radius 3 is 3.00 bits per heavy atom. The summed E-state index contributed by atoms with van der Waals surface area (Å²) in [6.45, 7) is 3.88. The Bertz CT molecular complexity index is 933. The van der Waals surface area contributed by atoms with Crippen LogP contribution in [0.3, 0.4) is 0 Å². The van der Waals surface area contributed by atoms with Gasteiger partial charge in [-0.15, -0.1) is 0 Å². The van der Waals surface area contributed by atoms with Crippen molar-refractivity contribution in [2.24, 2.45) is 0 Å². The van der Waals surface area contributed by atoms with Gasteiger partial charge in [0.1, 0.15) is 5.58 Å². The SMILES string of the molecule is CCSc1nsc(NC(=O)c2cc(=O)c3ccc(C)cc3o2)n1. The second-order valence-corrected chi connectivity index (χ2v) is 6.73. The van der Waals surface area contributed by atoms with Crippen molar-refractivity contribution in [2.75, 3.05) is 11.1 Å². The third kappa shape index (κ3) is 3.43. The Balaban J connectivity index is 1.89. The molecule has 0 spiro atoms. The molecule has 1 aromatic carbocycles. The monoisotopic (exact) mass is 347 g/mol. The Kier molecular flexibility index (Phi) is 4.44. The quantitative estimate of drug-likeness (QED) is 0.729. The van der Waals surface area contributed by atoms with E-state index in [-0.39, 0.29) is 11.2 Å². The third-order valence-corrected chi connectivity index (χ3v) is 4.49. The summed E-state index contributed by atoms with van der Waals surface area (Å²) in [6, 6.07) is 6.44. The summed E-state index contributed by atoms with van der Waals surface area (Å²) in [7, 11) is 0. The van der Waals surface area contributed by atoms with Gasteiger partial charge in [-0.25, -0.2) is 0 Å². The van der Waals surface area contributed by atoms with Crippen LogP contribution in [-0.2, 0) is 0 Å². The highest BCUT2D eigenvalue weighted by atomic mass is 32.2. The molecule has 0 unspecified atom stereocenters. The number of aryl methyl sites for hydroxylation is 1. The molecule has 0 aliphatic heterocycles. The van der Waals surface area contributed by atoms with Crippen molar-refractivity contribution >= 4 is 45.3 Å². The summed E-state index contributed by atoms with van der Waals surface area (Å²) < 4.78 is 9.67. The number of nitrogens with zero attached hydrogens (tertiary/aromatic N) is 2. The first-order valence-corrected chi connectivity index (χ1v) is 8.65. The molecule has 0 atom stereocenters. The van der Waals surface area contributed by atoms with Gasteiger partial charge < -0.3 is 4.42 Å². The van der Waals surface area contributed by atoms with E-state index in [1.165, 1.54) is 17.8 Å². The molecule has 0 saturated carbocycles. The van der Waals surface area contributed by atoms with Crippen molar-refractivity contribution in [3.63, 3.8) is 0 Å². The Labute approximate surface area is 140 Å². The van der Waals surface area contributed by atoms with Crippen LogP contribution >= 0.6 is 23.3 Å². The van der Waals surface area contributed by atoms with E-state index in [0.29, 0.717) is 21.3 Å². The normalized spacial score (nSPS) is 10.9. The highest BCUT2D eigenvalue weighted by molar-refractivity contribution is 7.99. The topological polar surface area (TPSA) is 85.1 Å². The number of nitrogens with one attached hydrogen (secondary N) is 1. The summed E-state index contributed by atoms with van der Waals surface area (Å²) in [6.07, 6.45) is 0. The van der Waals surface area contributed by atoms with Gasteiger partial charge in [0.25, 0.3) is 5.91 Å². The third-order valence-electron chi connectivity index (χ3n) is 3.01. The smallest absolute Gasteiger partial charge is 0.293 e. The van der Waals surface area contributed by atoms with Crippen LogP contribution in [-0.4, -0.2) is 21.0 Å². The van der Waals surface area contributed by atoms with Gasteiger partial charge in [-0.2, -0.15) is 9.36 Å². The summed E-state index contributed by atoms with van der Waals surface area (Å²) in [5, 5.41) is 4.04. The predicted octanol–water partition coefficient (Wildman–Crippen LogP) is 3.32. The summed E-state index contributed by atoms with van der Waals surface area (Å²) in [5.41, 5.74) is 1.08. The van der Waals surface area contributed by atoms with Crippen molar-refractivity contribution in [1.82, 2.24) is 9.36 Å². The number of benzene rings is 1. The lowest BCUT2D eigenvalue weighted by molar-refractivity contribution is 0.0997. The molecule has 2 aromatic heterocycles. The number of carbonyl (C=O) groups is 1. The molecule has 2 heterocycles. The van der Waals surface area contributed by atoms with Gasteiger partial charge in [0, 0.05) is 17.6 Å². The fourth-order valence-electron chi connectivity index (χ4n) is 1.98. The molecule has 0 aliphatic carbocycles. The van der Waals surface area contributed by atoms with Gasteiger partial charge in [0.15, 0.2) is 11.2 Å². The molecular weight excluding hydrogens is 334 g/mol. The van der Waals surface area contributed by atoms with Crippen LogP contribution in [0.2, 0.25) is 0 Å². The zero-order valence-electron chi connectivity index (χ0n) is 12.5. The first-order valence-electron chi connectivity index (χ1n) is 6.89. The molecule has 1 amide bonds.